The molecule has 1 saturated carbocycles. The molecular formula is C32H32N2O9. The van der Waals surface area contributed by atoms with E-state index in [2.05, 4.69) is 0 Å². The first kappa shape index (κ1) is 28.4. The van der Waals surface area contributed by atoms with Crippen molar-refractivity contribution in [2.75, 3.05) is 25.7 Å². The highest BCUT2D eigenvalue weighted by Gasteiger charge is 2.67. The molecule has 6 atom stereocenters. The van der Waals surface area contributed by atoms with E-state index >= 15 is 0 Å². The number of likely N-dealkylation sites (tertiary alicyclic amines) is 1. The van der Waals surface area contributed by atoms with Crippen molar-refractivity contribution >= 4 is 35.3 Å². The normalized spacial score (nSPS) is 29.7. The van der Waals surface area contributed by atoms with Crippen molar-refractivity contribution in [3.8, 4) is 17.2 Å². The molecule has 0 spiro atoms. The van der Waals surface area contributed by atoms with Gasteiger partial charge in [-0.15, -0.1) is 0 Å². The van der Waals surface area contributed by atoms with Gasteiger partial charge in [0.25, 0.3) is 0 Å². The van der Waals surface area contributed by atoms with Crippen LogP contribution in [0.25, 0.3) is 0 Å². The Kier molecular flexibility index (Phi) is 6.78. The van der Waals surface area contributed by atoms with Gasteiger partial charge in [-0.25, -0.2) is 4.90 Å². The number of carboxylic acid groups (broad SMARTS) is 1. The van der Waals surface area contributed by atoms with Crippen LogP contribution in [0.1, 0.15) is 37.7 Å². The van der Waals surface area contributed by atoms with Crippen LogP contribution in [-0.4, -0.2) is 65.5 Å². The molecule has 3 fully saturated rings. The number of allylic oxidation sites excluding steroid dienone is 2. The van der Waals surface area contributed by atoms with Crippen molar-refractivity contribution in [3.05, 3.63) is 59.7 Å². The molecule has 0 aromatic heterocycles. The Labute approximate surface area is 247 Å². The average Bonchev–Trinajstić information content (AvgIpc) is 3.35. The molecule has 11 nitrogen and oxygen atoms in total. The van der Waals surface area contributed by atoms with Crippen LogP contribution >= 0.6 is 0 Å². The molecule has 43 heavy (non-hydrogen) atoms. The maximum Gasteiger partial charge on any atom is 0.305 e. The van der Waals surface area contributed by atoms with E-state index in [9.17, 15) is 34.2 Å². The van der Waals surface area contributed by atoms with Crippen LogP contribution in [0.15, 0.2) is 54.1 Å². The zero-order valence-electron chi connectivity index (χ0n) is 24.0. The van der Waals surface area contributed by atoms with E-state index in [1.807, 2.05) is 6.08 Å². The number of carbonyl (C=O) groups excluding carboxylic acids is 4. The number of aromatic hydroxyl groups is 1. The zero-order chi connectivity index (χ0) is 30.8. The van der Waals surface area contributed by atoms with Gasteiger partial charge in [0.2, 0.25) is 29.4 Å². The summed E-state index contributed by atoms with van der Waals surface area (Å²) in [6.45, 7) is 1.54. The molecule has 2 aliphatic heterocycles. The highest BCUT2D eigenvalue weighted by molar-refractivity contribution is 6.24. The van der Waals surface area contributed by atoms with Gasteiger partial charge in [0.05, 0.1) is 49.5 Å². The topological polar surface area (TPSA) is 151 Å². The van der Waals surface area contributed by atoms with Gasteiger partial charge in [-0.1, -0.05) is 29.8 Å². The highest BCUT2D eigenvalue weighted by Crippen LogP contribution is 2.64. The summed E-state index contributed by atoms with van der Waals surface area (Å²) in [6, 6.07) is 11.9. The number of aliphatic carboxylic acids is 1. The molecule has 6 rings (SSSR count). The average molecular weight is 589 g/mol. The maximum absolute atomic E-state index is 14.4. The summed E-state index contributed by atoms with van der Waals surface area (Å²) >= 11 is 0. The van der Waals surface area contributed by atoms with Gasteiger partial charge < -0.3 is 19.7 Å². The predicted molar refractivity (Wildman–Crippen MR) is 151 cm³/mol. The summed E-state index contributed by atoms with van der Waals surface area (Å²) in [5, 5.41) is 19.9. The number of hydrogen-bond donors (Lipinski definition) is 2. The summed E-state index contributed by atoms with van der Waals surface area (Å²) in [5.41, 5.74) is 0.481. The van der Waals surface area contributed by atoms with E-state index in [-0.39, 0.29) is 54.9 Å². The van der Waals surface area contributed by atoms with Crippen molar-refractivity contribution in [2.45, 2.75) is 32.1 Å². The predicted octanol–water partition coefficient (Wildman–Crippen LogP) is 3.11. The number of methoxy groups -OCH3 is 2. The number of hydrogen-bond acceptors (Lipinski definition) is 8. The number of ether oxygens (including phenoxy) is 2. The SMILES string of the molecule is COc1cc(C2C3=CCC4C(=O)N(CCC(=O)O)C(=O)C4C3CC3C(=O)N(c4ccccc4)C(=O)C32C)cc(OC)c1O. The lowest BCUT2D eigenvalue weighted by molar-refractivity contribution is -0.142. The van der Waals surface area contributed by atoms with Crippen LogP contribution < -0.4 is 14.4 Å². The molecule has 2 aromatic rings. The fourth-order valence-corrected chi connectivity index (χ4v) is 7.79. The first-order chi connectivity index (χ1) is 20.5. The van der Waals surface area contributed by atoms with E-state index in [0.29, 0.717) is 11.3 Å². The molecule has 6 unspecified atom stereocenters. The van der Waals surface area contributed by atoms with Crippen LogP contribution in [0.4, 0.5) is 5.69 Å². The van der Waals surface area contributed by atoms with Gasteiger partial charge in [0.15, 0.2) is 11.5 Å². The Morgan fingerprint density at radius 2 is 1.63 bits per heavy atom. The first-order valence-electron chi connectivity index (χ1n) is 14.2. The minimum Gasteiger partial charge on any atom is -0.502 e. The molecule has 0 radical (unpaired) electrons. The number of nitrogens with zero attached hydrogens (tertiary/aromatic N) is 2. The number of fused-ring (bicyclic) bond motifs is 4. The summed E-state index contributed by atoms with van der Waals surface area (Å²) in [7, 11) is 2.79. The number of benzene rings is 2. The Morgan fingerprint density at radius 1 is 0.977 bits per heavy atom. The number of amides is 4. The molecule has 11 heteroatoms. The quantitative estimate of drug-likeness (QED) is 0.367. The summed E-state index contributed by atoms with van der Waals surface area (Å²) in [6.07, 6.45) is 1.95. The van der Waals surface area contributed by atoms with Crippen molar-refractivity contribution in [2.24, 2.45) is 29.1 Å². The fraction of sp³-hybridized carbons (Fsp3) is 0.406. The Balaban J connectivity index is 1.52. The molecule has 2 aliphatic carbocycles. The number of carbonyl (C=O) groups is 5. The monoisotopic (exact) mass is 588 g/mol. The third-order valence-electron chi connectivity index (χ3n) is 9.77. The Hall–Kier alpha value is -4.67. The van der Waals surface area contributed by atoms with Gasteiger partial charge in [-0.3, -0.25) is 28.9 Å². The molecule has 4 aliphatic rings. The lowest BCUT2D eigenvalue weighted by Crippen LogP contribution is -2.48. The fourth-order valence-electron chi connectivity index (χ4n) is 7.79. The van der Waals surface area contributed by atoms with Crippen molar-refractivity contribution in [1.29, 1.82) is 0 Å². The minimum atomic E-state index is -1.27. The van der Waals surface area contributed by atoms with Crippen LogP contribution in [0.5, 0.6) is 17.2 Å². The van der Waals surface area contributed by atoms with E-state index in [4.69, 9.17) is 9.47 Å². The molecule has 4 amide bonds. The number of anilines is 1. The molecular weight excluding hydrogens is 556 g/mol. The summed E-state index contributed by atoms with van der Waals surface area (Å²) < 4.78 is 10.9. The largest absolute Gasteiger partial charge is 0.502 e. The van der Waals surface area contributed by atoms with Crippen LogP contribution in [0.2, 0.25) is 0 Å². The van der Waals surface area contributed by atoms with Gasteiger partial charge in [0.1, 0.15) is 0 Å². The summed E-state index contributed by atoms with van der Waals surface area (Å²) in [5.74, 6) is -6.30. The second-order valence-corrected chi connectivity index (χ2v) is 11.7. The highest BCUT2D eigenvalue weighted by atomic mass is 16.5. The minimum absolute atomic E-state index is 0.120. The lowest BCUT2D eigenvalue weighted by atomic mass is 9.51. The van der Waals surface area contributed by atoms with Gasteiger partial charge in [0, 0.05) is 12.5 Å². The van der Waals surface area contributed by atoms with E-state index in [1.54, 1.807) is 49.4 Å². The number of phenols is 1. The summed E-state index contributed by atoms with van der Waals surface area (Å²) in [4.78, 5) is 69.2. The van der Waals surface area contributed by atoms with Gasteiger partial charge in [-0.2, -0.15) is 0 Å². The second kappa shape index (κ2) is 10.3. The van der Waals surface area contributed by atoms with E-state index in [0.717, 1.165) is 10.5 Å². The Bertz CT molecular complexity index is 1560. The number of rotatable bonds is 7. The van der Waals surface area contributed by atoms with Crippen molar-refractivity contribution in [1.82, 2.24) is 4.90 Å². The third-order valence-corrected chi connectivity index (χ3v) is 9.77. The molecule has 2 heterocycles. The lowest BCUT2D eigenvalue weighted by Gasteiger charge is -2.49. The number of imide groups is 2. The van der Waals surface area contributed by atoms with E-state index < -0.39 is 52.8 Å². The number of para-hydroxylation sites is 1. The van der Waals surface area contributed by atoms with Crippen LogP contribution in [0.3, 0.4) is 0 Å². The second-order valence-electron chi connectivity index (χ2n) is 11.7. The van der Waals surface area contributed by atoms with Gasteiger partial charge >= 0.3 is 5.97 Å². The zero-order valence-corrected chi connectivity index (χ0v) is 24.0. The number of phenolic OH excluding ortho intramolecular Hbond substituents is 1. The molecule has 2 N–H and O–H groups in total. The Morgan fingerprint density at radius 3 is 2.23 bits per heavy atom. The first-order valence-corrected chi connectivity index (χ1v) is 14.2. The maximum atomic E-state index is 14.4. The number of carboxylic acids is 1. The van der Waals surface area contributed by atoms with Crippen molar-refractivity contribution in [3.63, 3.8) is 0 Å². The molecule has 2 saturated heterocycles. The molecule has 2 aromatic carbocycles. The van der Waals surface area contributed by atoms with Crippen LogP contribution in [-0.2, 0) is 24.0 Å². The van der Waals surface area contributed by atoms with Crippen molar-refractivity contribution < 1.29 is 43.7 Å². The standard InChI is InChI=1S/C32H32N2O9/c1-32-21(29(39)34(31(32)41)17-7-5-4-6-8-17)15-20-18(26(32)16-13-22(42-2)27(37)23(14-16)43-3)9-10-19-25(20)30(40)33(28(19)38)12-11-24(35)36/h4-9,13-14,19-21,25-26,37H,10-12,15H2,1-3H3,(H,35,36). The molecule has 224 valence electrons. The van der Waals surface area contributed by atoms with Crippen LogP contribution in [0, 0.1) is 29.1 Å². The molecule has 0 bridgehead atoms. The third kappa shape index (κ3) is 4.04. The van der Waals surface area contributed by atoms with Gasteiger partial charge in [-0.05, 0) is 55.5 Å². The smallest absolute Gasteiger partial charge is 0.305 e. The van der Waals surface area contributed by atoms with E-state index in [1.165, 1.54) is 19.1 Å².